The predicted molar refractivity (Wildman–Crippen MR) is 47.0 cm³/mol. The Labute approximate surface area is 77.8 Å². The summed E-state index contributed by atoms with van der Waals surface area (Å²) in [6, 6.07) is 0.0601. The first-order chi connectivity index (χ1) is 6.15. The number of carbonyl (C=O) groups is 2. The third-order valence-corrected chi connectivity index (χ3v) is 2.41. The SMILES string of the molecule is COC(=O)CC1CCCN1C(C)=O. The predicted octanol–water partition coefficient (Wildman–Crippen LogP) is 0.560. The molecule has 0 N–H and O–H groups in total. The van der Waals surface area contributed by atoms with E-state index >= 15 is 0 Å². The standard InChI is InChI=1S/C9H15NO3/c1-7(11)10-5-3-4-8(10)6-9(12)13-2/h8H,3-6H2,1-2H3. The van der Waals surface area contributed by atoms with E-state index < -0.39 is 0 Å². The van der Waals surface area contributed by atoms with E-state index in [1.165, 1.54) is 14.0 Å². The molecule has 0 bridgehead atoms. The zero-order chi connectivity index (χ0) is 9.84. The average Bonchev–Trinajstić information content (AvgIpc) is 2.52. The van der Waals surface area contributed by atoms with Crippen molar-refractivity contribution in [2.24, 2.45) is 0 Å². The topological polar surface area (TPSA) is 46.6 Å². The molecule has 0 aromatic carbocycles. The first-order valence-electron chi connectivity index (χ1n) is 4.49. The van der Waals surface area contributed by atoms with Crippen LogP contribution in [0.1, 0.15) is 26.2 Å². The molecule has 1 fully saturated rings. The number of methoxy groups -OCH3 is 1. The van der Waals surface area contributed by atoms with E-state index in [-0.39, 0.29) is 17.9 Å². The molecule has 1 saturated heterocycles. The number of hydrogen-bond donors (Lipinski definition) is 0. The van der Waals surface area contributed by atoms with Crippen molar-refractivity contribution < 1.29 is 14.3 Å². The summed E-state index contributed by atoms with van der Waals surface area (Å²) in [5.41, 5.74) is 0. The highest BCUT2D eigenvalue weighted by Gasteiger charge is 2.28. The van der Waals surface area contributed by atoms with Gasteiger partial charge in [-0.15, -0.1) is 0 Å². The number of hydrogen-bond acceptors (Lipinski definition) is 3. The third kappa shape index (κ3) is 2.44. The van der Waals surface area contributed by atoms with Gasteiger partial charge in [0.05, 0.1) is 13.5 Å². The normalized spacial score (nSPS) is 21.7. The van der Waals surface area contributed by atoms with Crippen LogP contribution in [-0.4, -0.2) is 36.5 Å². The minimum atomic E-state index is -0.238. The molecular weight excluding hydrogens is 170 g/mol. The zero-order valence-electron chi connectivity index (χ0n) is 8.08. The van der Waals surface area contributed by atoms with Crippen molar-refractivity contribution in [1.29, 1.82) is 0 Å². The Bertz CT molecular complexity index is 215. The fraction of sp³-hybridized carbons (Fsp3) is 0.778. The highest BCUT2D eigenvalue weighted by atomic mass is 16.5. The molecule has 4 heteroatoms. The van der Waals surface area contributed by atoms with E-state index in [9.17, 15) is 9.59 Å². The van der Waals surface area contributed by atoms with Gasteiger partial charge in [0.1, 0.15) is 0 Å². The van der Waals surface area contributed by atoms with Gasteiger partial charge in [0.25, 0.3) is 0 Å². The Morgan fingerprint density at radius 3 is 2.77 bits per heavy atom. The second-order valence-electron chi connectivity index (χ2n) is 3.29. The van der Waals surface area contributed by atoms with Crippen molar-refractivity contribution in [2.45, 2.75) is 32.2 Å². The molecule has 0 saturated carbocycles. The first kappa shape index (κ1) is 10.0. The van der Waals surface area contributed by atoms with Gasteiger partial charge in [0, 0.05) is 19.5 Å². The second-order valence-corrected chi connectivity index (χ2v) is 3.29. The number of rotatable bonds is 2. The minimum absolute atomic E-state index is 0.0476. The lowest BCUT2D eigenvalue weighted by Gasteiger charge is -2.21. The number of ether oxygens (including phenoxy) is 1. The largest absolute Gasteiger partial charge is 0.469 e. The third-order valence-electron chi connectivity index (χ3n) is 2.41. The van der Waals surface area contributed by atoms with Crippen LogP contribution < -0.4 is 0 Å². The number of esters is 1. The van der Waals surface area contributed by atoms with E-state index in [0.29, 0.717) is 6.42 Å². The van der Waals surface area contributed by atoms with Gasteiger partial charge in [-0.1, -0.05) is 0 Å². The Kier molecular flexibility index (Phi) is 3.28. The Morgan fingerprint density at radius 1 is 1.54 bits per heavy atom. The monoisotopic (exact) mass is 185 g/mol. The number of likely N-dealkylation sites (tertiary alicyclic amines) is 1. The molecule has 1 unspecified atom stereocenters. The van der Waals surface area contributed by atoms with E-state index in [1.54, 1.807) is 4.90 Å². The van der Waals surface area contributed by atoms with Crippen molar-refractivity contribution in [2.75, 3.05) is 13.7 Å². The van der Waals surface area contributed by atoms with Gasteiger partial charge in [-0.05, 0) is 12.8 Å². The molecule has 0 radical (unpaired) electrons. The second kappa shape index (κ2) is 4.25. The van der Waals surface area contributed by atoms with Crippen LogP contribution in [0.3, 0.4) is 0 Å². The average molecular weight is 185 g/mol. The van der Waals surface area contributed by atoms with Gasteiger partial charge in [0.2, 0.25) is 5.91 Å². The van der Waals surface area contributed by atoms with Crippen LogP contribution in [0.25, 0.3) is 0 Å². The maximum Gasteiger partial charge on any atom is 0.307 e. The lowest BCUT2D eigenvalue weighted by Crippen LogP contribution is -2.35. The summed E-state index contributed by atoms with van der Waals surface area (Å²) in [6.07, 6.45) is 2.23. The Morgan fingerprint density at radius 2 is 2.23 bits per heavy atom. The van der Waals surface area contributed by atoms with Crippen LogP contribution in [0.5, 0.6) is 0 Å². The summed E-state index contributed by atoms with van der Waals surface area (Å²) in [4.78, 5) is 23.8. The molecule has 1 aliphatic rings. The lowest BCUT2D eigenvalue weighted by atomic mass is 10.1. The van der Waals surface area contributed by atoms with Crippen LogP contribution in [0, 0.1) is 0 Å². The van der Waals surface area contributed by atoms with Crippen molar-refractivity contribution in [3.63, 3.8) is 0 Å². The van der Waals surface area contributed by atoms with Gasteiger partial charge in [-0.3, -0.25) is 9.59 Å². The fourth-order valence-electron chi connectivity index (χ4n) is 1.74. The van der Waals surface area contributed by atoms with E-state index in [2.05, 4.69) is 4.74 Å². The number of carbonyl (C=O) groups excluding carboxylic acids is 2. The molecule has 1 heterocycles. The van der Waals surface area contributed by atoms with E-state index in [1.807, 2.05) is 0 Å². The van der Waals surface area contributed by atoms with Crippen molar-refractivity contribution in [3.8, 4) is 0 Å². The Hall–Kier alpha value is -1.06. The van der Waals surface area contributed by atoms with Gasteiger partial charge in [-0.25, -0.2) is 0 Å². The molecule has 0 spiro atoms. The summed E-state index contributed by atoms with van der Waals surface area (Å²) in [5, 5.41) is 0. The quantitative estimate of drug-likeness (QED) is 0.590. The zero-order valence-corrected chi connectivity index (χ0v) is 8.08. The summed E-state index contributed by atoms with van der Waals surface area (Å²) in [7, 11) is 1.37. The number of amides is 1. The molecule has 4 nitrogen and oxygen atoms in total. The Balaban J connectivity index is 2.48. The summed E-state index contributed by atoms with van der Waals surface area (Å²) in [6.45, 7) is 2.31. The van der Waals surface area contributed by atoms with Crippen molar-refractivity contribution in [3.05, 3.63) is 0 Å². The van der Waals surface area contributed by atoms with Crippen LogP contribution in [-0.2, 0) is 14.3 Å². The minimum Gasteiger partial charge on any atom is -0.469 e. The van der Waals surface area contributed by atoms with E-state index in [0.717, 1.165) is 19.4 Å². The van der Waals surface area contributed by atoms with Crippen LogP contribution >= 0.6 is 0 Å². The molecular formula is C9H15NO3. The molecule has 0 aliphatic carbocycles. The molecule has 0 aromatic heterocycles. The van der Waals surface area contributed by atoms with Crippen molar-refractivity contribution >= 4 is 11.9 Å². The fourth-order valence-corrected chi connectivity index (χ4v) is 1.74. The lowest BCUT2D eigenvalue weighted by molar-refractivity contribution is -0.142. The summed E-state index contributed by atoms with van der Waals surface area (Å²) >= 11 is 0. The van der Waals surface area contributed by atoms with Crippen LogP contribution in [0.4, 0.5) is 0 Å². The van der Waals surface area contributed by atoms with Gasteiger partial charge >= 0.3 is 5.97 Å². The molecule has 74 valence electrons. The molecule has 0 aromatic rings. The summed E-state index contributed by atoms with van der Waals surface area (Å²) in [5.74, 6) is -0.190. The molecule has 1 atom stereocenters. The van der Waals surface area contributed by atoms with Crippen LogP contribution in [0.15, 0.2) is 0 Å². The smallest absolute Gasteiger partial charge is 0.307 e. The van der Waals surface area contributed by atoms with Gasteiger partial charge in [-0.2, -0.15) is 0 Å². The highest BCUT2D eigenvalue weighted by Crippen LogP contribution is 2.20. The highest BCUT2D eigenvalue weighted by molar-refractivity contribution is 5.76. The maximum atomic E-state index is 11.1. The molecule has 1 aliphatic heterocycles. The molecule has 13 heavy (non-hydrogen) atoms. The molecule has 1 rings (SSSR count). The number of nitrogens with zero attached hydrogens (tertiary/aromatic N) is 1. The van der Waals surface area contributed by atoms with Gasteiger partial charge in [0.15, 0.2) is 0 Å². The van der Waals surface area contributed by atoms with Crippen molar-refractivity contribution in [1.82, 2.24) is 4.90 Å². The molecule has 1 amide bonds. The van der Waals surface area contributed by atoms with Crippen LogP contribution in [0.2, 0.25) is 0 Å². The van der Waals surface area contributed by atoms with Gasteiger partial charge < -0.3 is 9.64 Å². The van der Waals surface area contributed by atoms with E-state index in [4.69, 9.17) is 0 Å². The maximum absolute atomic E-state index is 11.1. The summed E-state index contributed by atoms with van der Waals surface area (Å²) < 4.78 is 4.56. The first-order valence-corrected chi connectivity index (χ1v) is 4.49.